The van der Waals surface area contributed by atoms with Gasteiger partial charge in [-0.2, -0.15) is 0 Å². The van der Waals surface area contributed by atoms with Crippen molar-refractivity contribution < 1.29 is 9.53 Å². The summed E-state index contributed by atoms with van der Waals surface area (Å²) in [5.41, 5.74) is 1.28. The number of hydrogen-bond donors (Lipinski definition) is 1. The molecule has 0 spiro atoms. The second-order valence-corrected chi connectivity index (χ2v) is 6.25. The summed E-state index contributed by atoms with van der Waals surface area (Å²) in [7, 11) is 0. The quantitative estimate of drug-likeness (QED) is 0.928. The highest BCUT2D eigenvalue weighted by Gasteiger charge is 2.25. The number of ether oxygens (including phenoxy) is 1. The van der Waals surface area contributed by atoms with Crippen LogP contribution in [-0.2, 0) is 4.74 Å². The van der Waals surface area contributed by atoms with Crippen molar-refractivity contribution in [2.45, 2.75) is 19.4 Å². The molecule has 0 aliphatic carbocycles. The van der Waals surface area contributed by atoms with Crippen LogP contribution >= 0.6 is 0 Å². The molecule has 2 unspecified atom stereocenters. The van der Waals surface area contributed by atoms with Crippen LogP contribution in [0.4, 0.5) is 10.5 Å². The molecule has 22 heavy (non-hydrogen) atoms. The zero-order valence-corrected chi connectivity index (χ0v) is 13.2. The molecule has 1 N–H and O–H groups in total. The molecule has 5 nitrogen and oxygen atoms in total. The first kappa shape index (κ1) is 15.2. The van der Waals surface area contributed by atoms with Crippen molar-refractivity contribution in [3.05, 3.63) is 30.3 Å². The third-order valence-electron chi connectivity index (χ3n) is 4.48. The Balaban J connectivity index is 1.44. The molecular formula is C17H25N3O2. The Kier molecular flexibility index (Phi) is 4.83. The van der Waals surface area contributed by atoms with Crippen molar-refractivity contribution in [1.29, 1.82) is 0 Å². The van der Waals surface area contributed by atoms with E-state index >= 15 is 0 Å². The van der Waals surface area contributed by atoms with Crippen LogP contribution in [0.3, 0.4) is 0 Å². The zero-order valence-electron chi connectivity index (χ0n) is 13.2. The Morgan fingerprint density at radius 1 is 1.27 bits per heavy atom. The molecule has 0 aromatic heterocycles. The predicted octanol–water partition coefficient (Wildman–Crippen LogP) is 1.94. The van der Waals surface area contributed by atoms with E-state index in [1.165, 1.54) is 5.69 Å². The van der Waals surface area contributed by atoms with Gasteiger partial charge in [0.05, 0.1) is 12.7 Å². The summed E-state index contributed by atoms with van der Waals surface area (Å²) in [4.78, 5) is 16.5. The molecule has 2 saturated heterocycles. The molecule has 120 valence electrons. The maximum absolute atomic E-state index is 12.2. The molecule has 2 aliphatic heterocycles. The van der Waals surface area contributed by atoms with Crippen molar-refractivity contribution in [3.8, 4) is 0 Å². The van der Waals surface area contributed by atoms with Gasteiger partial charge in [0.15, 0.2) is 0 Å². The molecule has 1 aromatic rings. The van der Waals surface area contributed by atoms with E-state index < -0.39 is 0 Å². The van der Waals surface area contributed by atoms with Gasteiger partial charge in [-0.1, -0.05) is 18.2 Å². The lowest BCUT2D eigenvalue weighted by atomic mass is 10.1. The Bertz CT molecular complexity index is 494. The highest BCUT2D eigenvalue weighted by molar-refractivity contribution is 5.74. The van der Waals surface area contributed by atoms with Gasteiger partial charge in [-0.05, 0) is 31.4 Å². The van der Waals surface area contributed by atoms with E-state index in [2.05, 4.69) is 34.5 Å². The summed E-state index contributed by atoms with van der Waals surface area (Å²) in [6.45, 7) is 6.87. The van der Waals surface area contributed by atoms with Crippen LogP contribution in [0.2, 0.25) is 0 Å². The molecule has 0 bridgehead atoms. The van der Waals surface area contributed by atoms with E-state index in [9.17, 15) is 4.79 Å². The number of anilines is 1. The average Bonchev–Trinajstić information content (AvgIpc) is 3.02. The first-order valence-electron chi connectivity index (χ1n) is 8.17. The largest absolute Gasteiger partial charge is 0.375 e. The van der Waals surface area contributed by atoms with Crippen molar-refractivity contribution >= 4 is 11.7 Å². The number of hydrogen-bond acceptors (Lipinski definition) is 3. The van der Waals surface area contributed by atoms with E-state index in [-0.39, 0.29) is 12.1 Å². The Morgan fingerprint density at radius 3 is 2.86 bits per heavy atom. The number of carbonyl (C=O) groups is 1. The van der Waals surface area contributed by atoms with Gasteiger partial charge in [0.2, 0.25) is 0 Å². The lowest BCUT2D eigenvalue weighted by molar-refractivity contribution is -0.00355. The lowest BCUT2D eigenvalue weighted by Crippen LogP contribution is -2.49. The number of rotatable bonds is 3. The fourth-order valence-corrected chi connectivity index (χ4v) is 3.22. The van der Waals surface area contributed by atoms with Crippen LogP contribution < -0.4 is 10.2 Å². The van der Waals surface area contributed by atoms with Crippen LogP contribution in [0.25, 0.3) is 0 Å². The van der Waals surface area contributed by atoms with Gasteiger partial charge in [-0.25, -0.2) is 4.79 Å². The topological polar surface area (TPSA) is 44.8 Å². The van der Waals surface area contributed by atoms with E-state index in [1.54, 1.807) is 0 Å². The molecule has 0 radical (unpaired) electrons. The first-order valence-corrected chi connectivity index (χ1v) is 8.17. The molecule has 2 fully saturated rings. The van der Waals surface area contributed by atoms with Crippen LogP contribution in [0.1, 0.15) is 13.3 Å². The van der Waals surface area contributed by atoms with Crippen LogP contribution in [0.15, 0.2) is 30.3 Å². The SMILES string of the molecule is CC1CN(C(=O)NCC2CCN(c3ccccc3)C2)CCO1. The average molecular weight is 303 g/mol. The maximum Gasteiger partial charge on any atom is 0.317 e. The number of carbonyl (C=O) groups excluding carboxylic acids is 1. The fraction of sp³-hybridized carbons (Fsp3) is 0.588. The lowest BCUT2D eigenvalue weighted by Gasteiger charge is -2.31. The van der Waals surface area contributed by atoms with Gasteiger partial charge in [0, 0.05) is 38.4 Å². The monoisotopic (exact) mass is 303 g/mol. The van der Waals surface area contributed by atoms with Crippen LogP contribution in [0, 0.1) is 5.92 Å². The minimum atomic E-state index is 0.0494. The number of morpholine rings is 1. The smallest absolute Gasteiger partial charge is 0.317 e. The van der Waals surface area contributed by atoms with Gasteiger partial charge in [0.25, 0.3) is 0 Å². The Labute approximate surface area is 132 Å². The van der Waals surface area contributed by atoms with E-state index in [4.69, 9.17) is 4.74 Å². The van der Waals surface area contributed by atoms with Crippen molar-refractivity contribution in [2.24, 2.45) is 5.92 Å². The normalized spacial score (nSPS) is 25.3. The van der Waals surface area contributed by atoms with Gasteiger partial charge >= 0.3 is 6.03 Å². The van der Waals surface area contributed by atoms with E-state index in [0.29, 0.717) is 25.6 Å². The molecule has 0 saturated carbocycles. The van der Waals surface area contributed by atoms with Crippen molar-refractivity contribution in [2.75, 3.05) is 44.2 Å². The second-order valence-electron chi connectivity index (χ2n) is 6.25. The third-order valence-corrected chi connectivity index (χ3v) is 4.48. The predicted molar refractivity (Wildman–Crippen MR) is 87.1 cm³/mol. The fourth-order valence-electron chi connectivity index (χ4n) is 3.22. The number of nitrogens with zero attached hydrogens (tertiary/aromatic N) is 2. The summed E-state index contributed by atoms with van der Waals surface area (Å²) >= 11 is 0. The third kappa shape index (κ3) is 3.71. The van der Waals surface area contributed by atoms with Crippen molar-refractivity contribution in [3.63, 3.8) is 0 Å². The zero-order chi connectivity index (χ0) is 15.4. The molecule has 2 amide bonds. The number of urea groups is 1. The van der Waals surface area contributed by atoms with Gasteiger partial charge in [-0.15, -0.1) is 0 Å². The maximum atomic E-state index is 12.2. The molecule has 1 aromatic carbocycles. The number of nitrogens with one attached hydrogen (secondary N) is 1. The molecule has 2 atom stereocenters. The van der Waals surface area contributed by atoms with Gasteiger partial charge in [0.1, 0.15) is 0 Å². The van der Waals surface area contributed by atoms with Crippen LogP contribution in [0.5, 0.6) is 0 Å². The summed E-state index contributed by atoms with van der Waals surface area (Å²) < 4.78 is 5.47. The summed E-state index contributed by atoms with van der Waals surface area (Å²) in [5.74, 6) is 0.530. The van der Waals surface area contributed by atoms with E-state index in [1.807, 2.05) is 17.9 Å². The van der Waals surface area contributed by atoms with Gasteiger partial charge in [-0.3, -0.25) is 0 Å². The molecule has 2 heterocycles. The molecular weight excluding hydrogens is 278 g/mol. The first-order chi connectivity index (χ1) is 10.7. The molecule has 5 heteroatoms. The Morgan fingerprint density at radius 2 is 2.09 bits per heavy atom. The molecule has 3 rings (SSSR count). The summed E-state index contributed by atoms with van der Waals surface area (Å²) in [6, 6.07) is 10.5. The summed E-state index contributed by atoms with van der Waals surface area (Å²) in [5, 5.41) is 3.09. The Hall–Kier alpha value is -1.75. The summed E-state index contributed by atoms with van der Waals surface area (Å²) in [6.07, 6.45) is 1.27. The van der Waals surface area contributed by atoms with Crippen molar-refractivity contribution in [1.82, 2.24) is 10.2 Å². The molecule has 2 aliphatic rings. The van der Waals surface area contributed by atoms with E-state index in [0.717, 1.165) is 26.1 Å². The second kappa shape index (κ2) is 7.01. The minimum absolute atomic E-state index is 0.0494. The highest BCUT2D eigenvalue weighted by Crippen LogP contribution is 2.23. The number of para-hydroxylation sites is 1. The van der Waals surface area contributed by atoms with Crippen LogP contribution in [-0.4, -0.2) is 56.4 Å². The standard InChI is InChI=1S/C17H25N3O2/c1-14-12-20(9-10-22-14)17(21)18-11-15-7-8-19(13-15)16-5-3-2-4-6-16/h2-6,14-15H,7-13H2,1H3,(H,18,21). The van der Waals surface area contributed by atoms with Gasteiger partial charge < -0.3 is 19.9 Å². The number of amides is 2. The number of benzene rings is 1. The highest BCUT2D eigenvalue weighted by atomic mass is 16.5. The minimum Gasteiger partial charge on any atom is -0.375 e.